The Morgan fingerprint density at radius 2 is 1.66 bits per heavy atom. The van der Waals surface area contributed by atoms with Gasteiger partial charge in [-0.05, 0) is 43.7 Å². The number of hydrogen-bond donors (Lipinski definition) is 5. The van der Waals surface area contributed by atoms with E-state index in [9.17, 15) is 19.6 Å². The molecule has 0 bridgehead atoms. The first-order valence-corrected chi connectivity index (χ1v) is 12.6. The molecule has 3 amide bonds. The van der Waals surface area contributed by atoms with E-state index in [1.807, 2.05) is 19.9 Å². The summed E-state index contributed by atoms with van der Waals surface area (Å²) < 4.78 is 0. The predicted molar refractivity (Wildman–Crippen MR) is 145 cm³/mol. The van der Waals surface area contributed by atoms with Crippen LogP contribution < -0.4 is 16.0 Å². The number of hydroxylamine groups is 2. The molecular formula is C26H46N4O4S. The highest BCUT2D eigenvalue weighted by Crippen LogP contribution is 2.26. The molecule has 0 radical (unpaired) electrons. The molecule has 1 aromatic rings. The van der Waals surface area contributed by atoms with Gasteiger partial charge in [0.15, 0.2) is 5.37 Å². The molecule has 2 unspecified atom stereocenters. The van der Waals surface area contributed by atoms with Crippen molar-refractivity contribution in [3.05, 3.63) is 30.3 Å². The molecule has 2 atom stereocenters. The van der Waals surface area contributed by atoms with Crippen LogP contribution in [0.5, 0.6) is 0 Å². The molecule has 1 rings (SSSR count). The summed E-state index contributed by atoms with van der Waals surface area (Å²) in [7, 11) is 0. The van der Waals surface area contributed by atoms with Crippen LogP contribution in [0, 0.1) is 11.3 Å². The van der Waals surface area contributed by atoms with Crippen molar-refractivity contribution in [3.63, 3.8) is 0 Å². The van der Waals surface area contributed by atoms with Crippen LogP contribution in [0.25, 0.3) is 0 Å². The van der Waals surface area contributed by atoms with Crippen LogP contribution in [0.2, 0.25) is 0 Å². The number of thiol groups is 1. The summed E-state index contributed by atoms with van der Waals surface area (Å²) in [6.45, 7) is 16.5. The van der Waals surface area contributed by atoms with Crippen LogP contribution in [0.3, 0.4) is 0 Å². The number of hydrogen-bond acceptors (Lipinski definition) is 6. The van der Waals surface area contributed by atoms with Gasteiger partial charge in [-0.2, -0.15) is 0 Å². The summed E-state index contributed by atoms with van der Waals surface area (Å²) >= 11 is 4.20. The normalized spacial score (nSPS) is 13.1. The smallest absolute Gasteiger partial charge is 0.253 e. The number of nitrogens with zero attached hydrogens (tertiary/aromatic N) is 1. The minimum absolute atomic E-state index is 0.0102. The summed E-state index contributed by atoms with van der Waals surface area (Å²) in [4.78, 5) is 35.9. The average molecular weight is 511 g/mol. The SMILES string of the molecule is CC(C)(C)CC(C)(C)NC(=O)C(S)NC(=O)C(CN(O)C=O)Nc1ccccc1.CCCC(C)C. The zero-order valence-electron chi connectivity index (χ0n) is 22.6. The van der Waals surface area contributed by atoms with E-state index in [4.69, 9.17) is 0 Å². The van der Waals surface area contributed by atoms with Crippen molar-refractivity contribution in [3.8, 4) is 0 Å². The Balaban J connectivity index is 0.00000170. The Labute approximate surface area is 217 Å². The van der Waals surface area contributed by atoms with Crippen molar-refractivity contribution >= 4 is 36.5 Å². The fraction of sp³-hybridized carbons (Fsp3) is 0.654. The van der Waals surface area contributed by atoms with E-state index in [-0.39, 0.29) is 18.4 Å². The Bertz CT molecular complexity index is 766. The second kappa shape index (κ2) is 15.7. The highest BCUT2D eigenvalue weighted by atomic mass is 32.1. The number of para-hydroxylation sites is 1. The minimum Gasteiger partial charge on any atom is -0.372 e. The van der Waals surface area contributed by atoms with Crippen molar-refractivity contribution in [2.75, 3.05) is 11.9 Å². The maximum Gasteiger partial charge on any atom is 0.253 e. The first kappa shape index (κ1) is 32.7. The molecule has 1 aromatic carbocycles. The summed E-state index contributed by atoms with van der Waals surface area (Å²) in [5.41, 5.74) is 0.150. The summed E-state index contributed by atoms with van der Waals surface area (Å²) in [5.74, 6) is -0.126. The number of carbonyl (C=O) groups excluding carboxylic acids is 3. The fourth-order valence-corrected chi connectivity index (χ4v) is 4.00. The van der Waals surface area contributed by atoms with Gasteiger partial charge in [0.05, 0.1) is 6.54 Å². The summed E-state index contributed by atoms with van der Waals surface area (Å²) in [5, 5.41) is 17.1. The Morgan fingerprint density at radius 3 is 2.09 bits per heavy atom. The maximum absolute atomic E-state index is 12.7. The number of anilines is 1. The van der Waals surface area contributed by atoms with E-state index in [1.165, 1.54) is 12.8 Å². The molecule has 0 aliphatic heterocycles. The topological polar surface area (TPSA) is 111 Å². The zero-order chi connectivity index (χ0) is 27.2. The number of benzene rings is 1. The van der Waals surface area contributed by atoms with Crippen LogP contribution in [0.1, 0.15) is 74.7 Å². The monoisotopic (exact) mass is 510 g/mol. The van der Waals surface area contributed by atoms with Crippen molar-refractivity contribution in [1.29, 1.82) is 0 Å². The average Bonchev–Trinajstić information content (AvgIpc) is 2.72. The first-order chi connectivity index (χ1) is 16.1. The Kier molecular flexibility index (Phi) is 14.7. The molecular weight excluding hydrogens is 464 g/mol. The largest absolute Gasteiger partial charge is 0.372 e. The van der Waals surface area contributed by atoms with Crippen molar-refractivity contribution in [2.45, 2.75) is 91.6 Å². The van der Waals surface area contributed by atoms with Gasteiger partial charge in [0.25, 0.3) is 5.91 Å². The first-order valence-electron chi connectivity index (χ1n) is 12.1. The van der Waals surface area contributed by atoms with Gasteiger partial charge in [0.1, 0.15) is 6.04 Å². The molecule has 0 saturated carbocycles. The molecule has 8 nitrogen and oxygen atoms in total. The van der Waals surface area contributed by atoms with E-state index in [0.717, 1.165) is 12.3 Å². The molecule has 0 aromatic heterocycles. The minimum atomic E-state index is -1.09. The third-order valence-electron chi connectivity index (χ3n) is 4.75. The standard InChI is InChI=1S/C20H32N4O4S.C6H14/c1-19(2,3)12-20(4,5)23-17(27)18(29)22-16(26)15(11-24(28)13-25)21-14-9-7-6-8-10-14;1-4-5-6(2)3/h6-10,13,15,18,21,28-29H,11-12H2,1-5H3,(H,22,26)(H,23,27);6H,4-5H2,1-3H3. The van der Waals surface area contributed by atoms with E-state index >= 15 is 0 Å². The molecule has 0 spiro atoms. The van der Waals surface area contributed by atoms with E-state index in [2.05, 4.69) is 70.1 Å². The molecule has 0 heterocycles. The van der Waals surface area contributed by atoms with Crippen molar-refractivity contribution in [2.24, 2.45) is 11.3 Å². The molecule has 0 aliphatic rings. The lowest BCUT2D eigenvalue weighted by molar-refractivity contribution is -0.151. The fourth-order valence-electron chi connectivity index (χ4n) is 3.81. The Morgan fingerprint density at radius 1 is 1.09 bits per heavy atom. The van der Waals surface area contributed by atoms with Gasteiger partial charge in [0.2, 0.25) is 12.3 Å². The van der Waals surface area contributed by atoms with E-state index in [1.54, 1.807) is 24.3 Å². The van der Waals surface area contributed by atoms with Gasteiger partial charge >= 0.3 is 0 Å². The number of carbonyl (C=O) groups is 3. The second-order valence-corrected chi connectivity index (χ2v) is 11.5. The van der Waals surface area contributed by atoms with Crippen LogP contribution in [0.4, 0.5) is 5.69 Å². The molecule has 200 valence electrons. The third-order valence-corrected chi connectivity index (χ3v) is 5.11. The molecule has 0 fully saturated rings. The third kappa shape index (κ3) is 16.1. The Hall–Kier alpha value is -2.26. The lowest BCUT2D eigenvalue weighted by atomic mass is 9.82. The lowest BCUT2D eigenvalue weighted by Gasteiger charge is -2.34. The van der Waals surface area contributed by atoms with Gasteiger partial charge in [-0.1, -0.05) is 72.6 Å². The highest BCUT2D eigenvalue weighted by Gasteiger charge is 2.30. The van der Waals surface area contributed by atoms with E-state index < -0.39 is 28.8 Å². The number of rotatable bonds is 12. The quantitative estimate of drug-likeness (QED) is 0.0937. The number of amides is 3. The lowest BCUT2D eigenvalue weighted by Crippen LogP contribution is -2.55. The summed E-state index contributed by atoms with van der Waals surface area (Å²) in [6.07, 6.45) is 3.64. The maximum atomic E-state index is 12.7. The molecule has 0 aliphatic carbocycles. The molecule has 0 saturated heterocycles. The van der Waals surface area contributed by atoms with Crippen LogP contribution in [0.15, 0.2) is 30.3 Å². The van der Waals surface area contributed by atoms with Crippen molar-refractivity contribution < 1.29 is 19.6 Å². The molecule has 35 heavy (non-hydrogen) atoms. The van der Waals surface area contributed by atoms with Gasteiger partial charge in [0, 0.05) is 11.2 Å². The van der Waals surface area contributed by atoms with Crippen LogP contribution in [-0.4, -0.2) is 52.0 Å². The molecule has 9 heteroatoms. The predicted octanol–water partition coefficient (Wildman–Crippen LogP) is 4.46. The van der Waals surface area contributed by atoms with E-state index in [0.29, 0.717) is 10.8 Å². The second-order valence-electron chi connectivity index (χ2n) is 11.0. The van der Waals surface area contributed by atoms with Gasteiger partial charge in [-0.3, -0.25) is 19.6 Å². The number of nitrogens with one attached hydrogen (secondary N) is 3. The summed E-state index contributed by atoms with van der Waals surface area (Å²) in [6, 6.07) is 7.86. The van der Waals surface area contributed by atoms with Crippen LogP contribution in [-0.2, 0) is 14.4 Å². The molecule has 4 N–H and O–H groups in total. The van der Waals surface area contributed by atoms with Gasteiger partial charge in [-0.25, -0.2) is 5.06 Å². The zero-order valence-corrected chi connectivity index (χ0v) is 23.5. The van der Waals surface area contributed by atoms with Gasteiger partial charge < -0.3 is 16.0 Å². The van der Waals surface area contributed by atoms with Crippen molar-refractivity contribution in [1.82, 2.24) is 15.7 Å². The van der Waals surface area contributed by atoms with Gasteiger partial charge in [-0.15, -0.1) is 12.6 Å². The highest BCUT2D eigenvalue weighted by molar-refractivity contribution is 7.81. The van der Waals surface area contributed by atoms with Crippen LogP contribution >= 0.6 is 12.6 Å².